The van der Waals surface area contributed by atoms with Crippen molar-refractivity contribution >= 4 is 11.7 Å². The van der Waals surface area contributed by atoms with E-state index in [4.69, 9.17) is 4.74 Å². The van der Waals surface area contributed by atoms with Crippen LogP contribution >= 0.6 is 0 Å². The van der Waals surface area contributed by atoms with E-state index >= 15 is 0 Å². The van der Waals surface area contributed by atoms with Gasteiger partial charge in [-0.15, -0.1) is 0 Å². The van der Waals surface area contributed by atoms with Crippen LogP contribution in [0.2, 0.25) is 0 Å². The highest BCUT2D eigenvalue weighted by Gasteiger charge is 2.23. The number of rotatable bonds is 6. The van der Waals surface area contributed by atoms with Crippen LogP contribution in [0.5, 0.6) is 0 Å². The summed E-state index contributed by atoms with van der Waals surface area (Å²) in [5, 5.41) is 3.34. The first kappa shape index (κ1) is 18.8. The predicted octanol–water partition coefficient (Wildman–Crippen LogP) is 3.42. The monoisotopic (exact) mass is 377 g/mol. The maximum absolute atomic E-state index is 12.5. The maximum Gasteiger partial charge on any atom is 0.218 e. The molecule has 1 aromatic heterocycles. The van der Waals surface area contributed by atoms with E-state index in [0.717, 1.165) is 42.8 Å². The molecule has 5 nitrogen and oxygen atoms in total. The van der Waals surface area contributed by atoms with Crippen LogP contribution in [0.25, 0.3) is 0 Å². The van der Waals surface area contributed by atoms with E-state index < -0.39 is 0 Å². The van der Waals surface area contributed by atoms with Gasteiger partial charge in [0.15, 0.2) is 0 Å². The molecule has 28 heavy (non-hydrogen) atoms. The lowest BCUT2D eigenvalue weighted by atomic mass is 9.94. The van der Waals surface area contributed by atoms with E-state index in [9.17, 15) is 4.79 Å². The fourth-order valence-corrected chi connectivity index (χ4v) is 3.90. The summed E-state index contributed by atoms with van der Waals surface area (Å²) in [7, 11) is 0. The van der Waals surface area contributed by atoms with Gasteiger partial charge in [0.05, 0.1) is 12.1 Å². The molecule has 0 spiro atoms. The SMILES string of the molecule is C[C@@H](CC(=O)Cc1cc2c(cn1)C(OC1CCNCC1)=NC2)c1ccccc1. The number of Topliss-reactive ketones (excluding diaryl/α,β-unsaturated/α-hetero) is 1. The van der Waals surface area contributed by atoms with Crippen LogP contribution in [0.15, 0.2) is 47.6 Å². The van der Waals surface area contributed by atoms with Gasteiger partial charge >= 0.3 is 0 Å². The van der Waals surface area contributed by atoms with Crippen LogP contribution < -0.4 is 5.32 Å². The zero-order chi connectivity index (χ0) is 19.3. The number of aliphatic imine (C=N–C) groups is 1. The van der Waals surface area contributed by atoms with Crippen molar-refractivity contribution in [1.82, 2.24) is 10.3 Å². The van der Waals surface area contributed by atoms with E-state index in [-0.39, 0.29) is 17.8 Å². The van der Waals surface area contributed by atoms with Crippen LogP contribution in [0.3, 0.4) is 0 Å². The molecule has 5 heteroatoms. The van der Waals surface area contributed by atoms with Gasteiger partial charge in [-0.1, -0.05) is 37.3 Å². The van der Waals surface area contributed by atoms with Crippen molar-refractivity contribution < 1.29 is 9.53 Å². The summed E-state index contributed by atoms with van der Waals surface area (Å²) in [5.41, 5.74) is 4.11. The Morgan fingerprint density at radius 3 is 2.82 bits per heavy atom. The summed E-state index contributed by atoms with van der Waals surface area (Å²) >= 11 is 0. The van der Waals surface area contributed by atoms with E-state index in [1.807, 2.05) is 30.5 Å². The van der Waals surface area contributed by atoms with Gasteiger partial charge in [-0.25, -0.2) is 4.99 Å². The second-order valence-corrected chi connectivity index (χ2v) is 7.75. The average Bonchev–Trinajstić information content (AvgIpc) is 3.11. The Kier molecular flexibility index (Phi) is 5.81. The number of aromatic nitrogens is 1. The van der Waals surface area contributed by atoms with E-state index in [2.05, 4.69) is 34.3 Å². The molecule has 146 valence electrons. The molecule has 2 aliphatic rings. The average molecular weight is 377 g/mol. The highest BCUT2D eigenvalue weighted by Crippen LogP contribution is 2.23. The summed E-state index contributed by atoms with van der Waals surface area (Å²) < 4.78 is 6.10. The van der Waals surface area contributed by atoms with Gasteiger partial charge in [-0.3, -0.25) is 9.78 Å². The molecule has 2 aliphatic heterocycles. The Morgan fingerprint density at radius 2 is 2.04 bits per heavy atom. The Bertz CT molecular complexity index is 857. The first-order valence-corrected chi connectivity index (χ1v) is 10.2. The van der Waals surface area contributed by atoms with E-state index in [0.29, 0.717) is 25.3 Å². The molecule has 1 N–H and O–H groups in total. The lowest BCUT2D eigenvalue weighted by Gasteiger charge is -2.23. The van der Waals surface area contributed by atoms with Gasteiger partial charge < -0.3 is 10.1 Å². The molecule has 0 unspecified atom stereocenters. The molecule has 1 aromatic carbocycles. The first-order valence-electron chi connectivity index (χ1n) is 10.2. The predicted molar refractivity (Wildman–Crippen MR) is 110 cm³/mol. The number of pyridine rings is 1. The van der Waals surface area contributed by atoms with Crippen molar-refractivity contribution in [3.8, 4) is 0 Å². The number of piperidine rings is 1. The number of benzene rings is 1. The molecule has 4 rings (SSSR count). The summed E-state index contributed by atoms with van der Waals surface area (Å²) in [6.07, 6.45) is 4.97. The van der Waals surface area contributed by atoms with Crippen molar-refractivity contribution in [2.24, 2.45) is 4.99 Å². The summed E-state index contributed by atoms with van der Waals surface area (Å²) in [5.74, 6) is 1.15. The number of nitrogens with one attached hydrogen (secondary N) is 1. The van der Waals surface area contributed by atoms with Gasteiger partial charge in [0.2, 0.25) is 5.90 Å². The van der Waals surface area contributed by atoms with Crippen molar-refractivity contribution in [3.63, 3.8) is 0 Å². The Hall–Kier alpha value is -2.53. The minimum atomic E-state index is 0.217. The molecule has 0 saturated carbocycles. The Labute approximate surface area is 166 Å². The number of hydrogen-bond donors (Lipinski definition) is 1. The minimum Gasteiger partial charge on any atom is -0.474 e. The normalized spacial score (nSPS) is 17.7. The van der Waals surface area contributed by atoms with Crippen molar-refractivity contribution in [2.45, 2.75) is 51.2 Å². The molecule has 2 aromatic rings. The number of nitrogens with zero attached hydrogens (tertiary/aromatic N) is 2. The van der Waals surface area contributed by atoms with Crippen molar-refractivity contribution in [1.29, 1.82) is 0 Å². The zero-order valence-corrected chi connectivity index (χ0v) is 16.4. The molecular formula is C23H27N3O2. The van der Waals surface area contributed by atoms with Gasteiger partial charge in [0.25, 0.3) is 0 Å². The number of carbonyl (C=O) groups is 1. The lowest BCUT2D eigenvalue weighted by molar-refractivity contribution is -0.118. The third kappa shape index (κ3) is 4.47. The molecule has 0 aliphatic carbocycles. The molecule has 1 saturated heterocycles. The highest BCUT2D eigenvalue weighted by atomic mass is 16.5. The van der Waals surface area contributed by atoms with Crippen molar-refractivity contribution in [2.75, 3.05) is 13.1 Å². The highest BCUT2D eigenvalue weighted by molar-refractivity contribution is 5.97. The molecule has 0 amide bonds. The van der Waals surface area contributed by atoms with Crippen molar-refractivity contribution in [3.05, 3.63) is 65.0 Å². The number of ether oxygens (including phenoxy) is 1. The lowest BCUT2D eigenvalue weighted by Crippen LogP contribution is -2.33. The molecule has 1 fully saturated rings. The number of fused-ring (bicyclic) bond motifs is 1. The summed E-state index contributed by atoms with van der Waals surface area (Å²) in [6.45, 7) is 4.69. The molecule has 1 atom stereocenters. The van der Waals surface area contributed by atoms with Crippen LogP contribution in [0.1, 0.15) is 54.5 Å². The van der Waals surface area contributed by atoms with Gasteiger partial charge in [0, 0.05) is 24.7 Å². The van der Waals surface area contributed by atoms with Gasteiger partial charge in [0.1, 0.15) is 11.9 Å². The second kappa shape index (κ2) is 8.65. The van der Waals surface area contributed by atoms with Crippen LogP contribution in [0.4, 0.5) is 0 Å². The van der Waals surface area contributed by atoms with Gasteiger partial charge in [-0.05, 0) is 49.0 Å². The van der Waals surface area contributed by atoms with E-state index in [1.54, 1.807) is 0 Å². The van der Waals surface area contributed by atoms with E-state index in [1.165, 1.54) is 5.56 Å². The van der Waals surface area contributed by atoms with Crippen LogP contribution in [-0.2, 0) is 22.5 Å². The first-order chi connectivity index (χ1) is 13.7. The maximum atomic E-state index is 12.5. The summed E-state index contributed by atoms with van der Waals surface area (Å²) in [6, 6.07) is 12.2. The molecular weight excluding hydrogens is 350 g/mol. The smallest absolute Gasteiger partial charge is 0.218 e. The Morgan fingerprint density at radius 1 is 1.25 bits per heavy atom. The number of ketones is 1. The summed E-state index contributed by atoms with van der Waals surface area (Å²) in [4.78, 5) is 21.6. The third-order valence-electron chi connectivity index (χ3n) is 5.51. The topological polar surface area (TPSA) is 63.6 Å². The molecule has 3 heterocycles. The molecule has 0 bridgehead atoms. The third-order valence-corrected chi connectivity index (χ3v) is 5.51. The standard InChI is InChI=1S/C23H27N3O2/c1-16(17-5-3-2-4-6-17)11-20(27)13-19-12-18-14-26-23(22(18)15-25-19)28-21-7-9-24-10-8-21/h2-6,12,15-16,21,24H,7-11,13-14H2,1H3/t16-/m0/s1. The quantitative estimate of drug-likeness (QED) is 0.838. The minimum absolute atomic E-state index is 0.217. The number of hydrogen-bond acceptors (Lipinski definition) is 5. The van der Waals surface area contributed by atoms with Gasteiger partial charge in [-0.2, -0.15) is 0 Å². The van der Waals surface area contributed by atoms with Crippen LogP contribution in [-0.4, -0.2) is 35.9 Å². The number of carbonyl (C=O) groups excluding carboxylic acids is 1. The fraction of sp³-hybridized carbons (Fsp3) is 0.435. The Balaban J connectivity index is 1.35. The van der Waals surface area contributed by atoms with Crippen LogP contribution in [0, 0.1) is 0 Å². The fourth-order valence-electron chi connectivity index (χ4n) is 3.90. The molecule has 0 radical (unpaired) electrons. The largest absolute Gasteiger partial charge is 0.474 e. The second-order valence-electron chi connectivity index (χ2n) is 7.75. The zero-order valence-electron chi connectivity index (χ0n) is 16.4.